The van der Waals surface area contributed by atoms with Gasteiger partial charge in [-0.15, -0.1) is 0 Å². The number of carbonyl (C=O) groups is 2. The lowest BCUT2D eigenvalue weighted by Gasteiger charge is -2.22. The third kappa shape index (κ3) is 1.16. The molecule has 56 valence electrons. The van der Waals surface area contributed by atoms with Crippen LogP contribution in [0, 0.1) is 0 Å². The fraction of sp³-hybridized carbons (Fsp3) is 0.667. The van der Waals surface area contributed by atoms with Crippen LogP contribution in [0.4, 0.5) is 0 Å². The van der Waals surface area contributed by atoms with Crippen molar-refractivity contribution in [2.24, 2.45) is 0 Å². The van der Waals surface area contributed by atoms with E-state index in [4.69, 9.17) is 0 Å². The maximum atomic E-state index is 10.9. The van der Waals surface area contributed by atoms with E-state index in [1.165, 1.54) is 0 Å². The molecule has 0 unspecified atom stereocenters. The van der Waals surface area contributed by atoms with E-state index in [1.54, 1.807) is 7.05 Å². The van der Waals surface area contributed by atoms with Crippen molar-refractivity contribution in [3.63, 3.8) is 0 Å². The van der Waals surface area contributed by atoms with Crippen molar-refractivity contribution >= 4 is 11.8 Å². The summed E-state index contributed by atoms with van der Waals surface area (Å²) >= 11 is 0. The Morgan fingerprint density at radius 1 is 1.30 bits per heavy atom. The Hall–Kier alpha value is -0.900. The lowest BCUT2D eigenvalue weighted by Crippen LogP contribution is -2.47. The molecule has 0 atom stereocenters. The monoisotopic (exact) mass is 142 g/mol. The Morgan fingerprint density at radius 3 is 2.10 bits per heavy atom. The highest BCUT2D eigenvalue weighted by Gasteiger charge is 2.23. The molecule has 0 saturated carbocycles. The van der Waals surface area contributed by atoms with E-state index in [1.807, 2.05) is 0 Å². The molecule has 1 fully saturated rings. The number of imide groups is 1. The maximum Gasteiger partial charge on any atom is 0.243 e. The second-order valence-electron chi connectivity index (χ2n) is 2.20. The van der Waals surface area contributed by atoms with Crippen LogP contribution in [0.15, 0.2) is 0 Å². The SMILES string of the molecule is CNN1C(=O)CCCC1=O. The fourth-order valence-corrected chi connectivity index (χ4v) is 1.00. The molecule has 4 nitrogen and oxygen atoms in total. The summed E-state index contributed by atoms with van der Waals surface area (Å²) < 4.78 is 0. The first-order valence-corrected chi connectivity index (χ1v) is 3.29. The predicted octanol–water partition coefficient (Wildman–Crippen LogP) is -0.340. The molecule has 0 aliphatic carbocycles. The first kappa shape index (κ1) is 7.21. The zero-order valence-electron chi connectivity index (χ0n) is 5.89. The summed E-state index contributed by atoms with van der Waals surface area (Å²) in [5.41, 5.74) is 2.54. The van der Waals surface area contributed by atoms with Crippen molar-refractivity contribution in [3.8, 4) is 0 Å². The molecule has 1 saturated heterocycles. The molecule has 4 heteroatoms. The van der Waals surface area contributed by atoms with Gasteiger partial charge in [0.15, 0.2) is 0 Å². The van der Waals surface area contributed by atoms with Gasteiger partial charge in [-0.25, -0.2) is 10.4 Å². The average molecular weight is 142 g/mol. The van der Waals surface area contributed by atoms with Gasteiger partial charge >= 0.3 is 0 Å². The normalized spacial score (nSPS) is 19.9. The molecule has 1 N–H and O–H groups in total. The molecule has 1 heterocycles. The largest absolute Gasteiger partial charge is 0.273 e. The molecule has 1 aliphatic heterocycles. The quantitative estimate of drug-likeness (QED) is 0.509. The van der Waals surface area contributed by atoms with Crippen LogP contribution in [0.3, 0.4) is 0 Å². The maximum absolute atomic E-state index is 10.9. The van der Waals surface area contributed by atoms with Crippen LogP contribution in [0.25, 0.3) is 0 Å². The van der Waals surface area contributed by atoms with E-state index >= 15 is 0 Å². The number of amides is 2. The van der Waals surface area contributed by atoms with Gasteiger partial charge < -0.3 is 0 Å². The Kier molecular flexibility index (Phi) is 2.01. The molecule has 0 aromatic rings. The lowest BCUT2D eigenvalue weighted by molar-refractivity contribution is -0.151. The molecule has 0 aromatic heterocycles. The lowest BCUT2D eigenvalue weighted by atomic mass is 10.1. The molecular weight excluding hydrogens is 132 g/mol. The first-order chi connectivity index (χ1) is 4.75. The highest BCUT2D eigenvalue weighted by atomic mass is 16.2. The zero-order valence-corrected chi connectivity index (χ0v) is 5.89. The van der Waals surface area contributed by atoms with Crippen molar-refractivity contribution in [3.05, 3.63) is 0 Å². The number of nitrogens with one attached hydrogen (secondary N) is 1. The van der Waals surface area contributed by atoms with Gasteiger partial charge in [-0.2, -0.15) is 0 Å². The predicted molar refractivity (Wildman–Crippen MR) is 34.8 cm³/mol. The number of hydrogen-bond donors (Lipinski definition) is 1. The summed E-state index contributed by atoms with van der Waals surface area (Å²) in [6, 6.07) is 0. The topological polar surface area (TPSA) is 49.4 Å². The van der Waals surface area contributed by atoms with Gasteiger partial charge in [0, 0.05) is 19.9 Å². The molecule has 0 radical (unpaired) electrons. The number of hydrazine groups is 1. The molecule has 1 rings (SSSR count). The molecular formula is C6H10N2O2. The smallest absolute Gasteiger partial charge is 0.243 e. The minimum absolute atomic E-state index is 0.126. The third-order valence-corrected chi connectivity index (χ3v) is 1.50. The fourth-order valence-electron chi connectivity index (χ4n) is 1.00. The number of rotatable bonds is 1. The second-order valence-corrected chi connectivity index (χ2v) is 2.20. The van der Waals surface area contributed by atoms with Crippen LogP contribution < -0.4 is 5.43 Å². The Labute approximate surface area is 59.2 Å². The van der Waals surface area contributed by atoms with Gasteiger partial charge in [0.05, 0.1) is 0 Å². The standard InChI is InChI=1S/C6H10N2O2/c1-7-8-5(9)3-2-4-6(8)10/h7H,2-4H2,1H3. The summed E-state index contributed by atoms with van der Waals surface area (Å²) in [4.78, 5) is 21.8. The van der Waals surface area contributed by atoms with Crippen LogP contribution >= 0.6 is 0 Å². The summed E-state index contributed by atoms with van der Waals surface area (Å²) in [6.45, 7) is 0. The van der Waals surface area contributed by atoms with E-state index in [-0.39, 0.29) is 11.8 Å². The van der Waals surface area contributed by atoms with Crippen LogP contribution in [-0.2, 0) is 9.59 Å². The molecule has 0 aromatic carbocycles. The molecule has 2 amide bonds. The van der Waals surface area contributed by atoms with Gasteiger partial charge in [0.25, 0.3) is 0 Å². The molecule has 0 bridgehead atoms. The number of piperidine rings is 1. The minimum atomic E-state index is -0.126. The zero-order chi connectivity index (χ0) is 7.56. The molecule has 10 heavy (non-hydrogen) atoms. The Bertz CT molecular complexity index is 151. The summed E-state index contributed by atoms with van der Waals surface area (Å²) in [5.74, 6) is -0.252. The van der Waals surface area contributed by atoms with Gasteiger partial charge in [-0.3, -0.25) is 9.59 Å². The van der Waals surface area contributed by atoms with Gasteiger partial charge in [0.2, 0.25) is 11.8 Å². The van der Waals surface area contributed by atoms with Gasteiger partial charge in [0.1, 0.15) is 0 Å². The third-order valence-electron chi connectivity index (χ3n) is 1.50. The van der Waals surface area contributed by atoms with Crippen molar-refractivity contribution in [2.75, 3.05) is 7.05 Å². The van der Waals surface area contributed by atoms with E-state index in [9.17, 15) is 9.59 Å². The van der Waals surface area contributed by atoms with E-state index < -0.39 is 0 Å². The van der Waals surface area contributed by atoms with Crippen molar-refractivity contribution in [1.29, 1.82) is 0 Å². The van der Waals surface area contributed by atoms with E-state index in [2.05, 4.69) is 5.43 Å². The van der Waals surface area contributed by atoms with Gasteiger partial charge in [-0.1, -0.05) is 0 Å². The van der Waals surface area contributed by atoms with E-state index in [0.717, 1.165) is 5.01 Å². The van der Waals surface area contributed by atoms with Crippen LogP contribution in [0.5, 0.6) is 0 Å². The van der Waals surface area contributed by atoms with Crippen LogP contribution in [0.1, 0.15) is 19.3 Å². The van der Waals surface area contributed by atoms with Crippen LogP contribution in [0.2, 0.25) is 0 Å². The number of carbonyl (C=O) groups excluding carboxylic acids is 2. The summed E-state index contributed by atoms with van der Waals surface area (Å²) in [5, 5.41) is 1.07. The average Bonchev–Trinajstić information content (AvgIpc) is 1.88. The molecule has 0 spiro atoms. The number of hydrogen-bond acceptors (Lipinski definition) is 3. The van der Waals surface area contributed by atoms with Crippen molar-refractivity contribution in [2.45, 2.75) is 19.3 Å². The van der Waals surface area contributed by atoms with Crippen LogP contribution in [-0.4, -0.2) is 23.9 Å². The van der Waals surface area contributed by atoms with Gasteiger partial charge in [-0.05, 0) is 6.42 Å². The first-order valence-electron chi connectivity index (χ1n) is 3.29. The highest BCUT2D eigenvalue weighted by molar-refractivity contribution is 5.96. The number of nitrogens with zero attached hydrogens (tertiary/aromatic N) is 1. The molecule has 1 aliphatic rings. The second kappa shape index (κ2) is 2.79. The summed E-state index contributed by atoms with van der Waals surface area (Å²) in [7, 11) is 1.57. The highest BCUT2D eigenvalue weighted by Crippen LogP contribution is 2.08. The minimum Gasteiger partial charge on any atom is -0.273 e. The Balaban J connectivity index is 2.62. The summed E-state index contributed by atoms with van der Waals surface area (Å²) in [6.07, 6.45) is 1.65. The Morgan fingerprint density at radius 2 is 1.80 bits per heavy atom. The van der Waals surface area contributed by atoms with Crippen molar-refractivity contribution < 1.29 is 9.59 Å². The van der Waals surface area contributed by atoms with Crippen molar-refractivity contribution in [1.82, 2.24) is 10.4 Å². The van der Waals surface area contributed by atoms with E-state index in [0.29, 0.717) is 19.3 Å².